The highest BCUT2D eigenvalue weighted by molar-refractivity contribution is 5.87. The van der Waals surface area contributed by atoms with Gasteiger partial charge in [0, 0.05) is 0 Å². The number of nitrogens with two attached hydrogens (primary N) is 1. The predicted octanol–water partition coefficient (Wildman–Crippen LogP) is 0.802. The minimum atomic E-state index is -0.516. The summed E-state index contributed by atoms with van der Waals surface area (Å²) in [7, 11) is 1.63. The van der Waals surface area contributed by atoms with E-state index in [0.29, 0.717) is 0 Å². The number of ether oxygens (including phenoxy) is 1. The molecule has 0 unspecified atom stereocenters. The lowest BCUT2D eigenvalue weighted by molar-refractivity contribution is -0.124. The third-order valence-corrected chi connectivity index (χ3v) is 3.57. The molecule has 0 aromatic heterocycles. The molecule has 1 aliphatic rings. The topological polar surface area (TPSA) is 64.3 Å². The normalized spacial score (nSPS) is 18.6. The van der Waals surface area contributed by atoms with E-state index in [9.17, 15) is 4.79 Å². The summed E-state index contributed by atoms with van der Waals surface area (Å²) in [6.45, 7) is 1.66. The fourth-order valence-electron chi connectivity index (χ4n) is 2.44. The van der Waals surface area contributed by atoms with Crippen LogP contribution < -0.4 is 15.8 Å². The predicted molar refractivity (Wildman–Crippen MR) is 66.0 cm³/mol. The minimum Gasteiger partial charge on any atom is -0.497 e. The lowest BCUT2D eigenvalue weighted by atomic mass is 9.72. The van der Waals surface area contributed by atoms with E-state index in [0.717, 1.165) is 37.2 Å². The van der Waals surface area contributed by atoms with E-state index in [1.165, 1.54) is 0 Å². The first-order chi connectivity index (χ1) is 8.19. The number of rotatable bonds is 3. The maximum absolute atomic E-state index is 11.8. The Hall–Kier alpha value is -1.55. The molecular weight excluding hydrogens is 216 g/mol. The molecule has 0 aliphatic carbocycles. The summed E-state index contributed by atoms with van der Waals surface area (Å²) in [6.07, 6.45) is 1.52. The molecule has 1 aromatic rings. The first kappa shape index (κ1) is 11.9. The quantitative estimate of drug-likeness (QED) is 0.813. The Labute approximate surface area is 101 Å². The SMILES string of the molecule is COc1ccc(C2(C(N)=O)CCNCC2)cc1. The van der Waals surface area contributed by atoms with Crippen LogP contribution in [0.15, 0.2) is 24.3 Å². The van der Waals surface area contributed by atoms with Gasteiger partial charge in [-0.2, -0.15) is 0 Å². The average Bonchev–Trinajstić information content (AvgIpc) is 2.39. The van der Waals surface area contributed by atoms with E-state index in [1.54, 1.807) is 7.11 Å². The van der Waals surface area contributed by atoms with Crippen LogP contribution in [0.1, 0.15) is 18.4 Å². The first-order valence-corrected chi connectivity index (χ1v) is 5.84. The van der Waals surface area contributed by atoms with Crippen LogP contribution in [0.25, 0.3) is 0 Å². The van der Waals surface area contributed by atoms with Crippen molar-refractivity contribution in [2.75, 3.05) is 20.2 Å². The largest absolute Gasteiger partial charge is 0.497 e. The number of amides is 1. The Morgan fingerprint density at radius 2 is 1.88 bits per heavy atom. The molecule has 0 radical (unpaired) electrons. The van der Waals surface area contributed by atoms with E-state index in [-0.39, 0.29) is 5.91 Å². The number of hydrogen-bond donors (Lipinski definition) is 2. The molecule has 92 valence electrons. The molecule has 2 rings (SSSR count). The summed E-state index contributed by atoms with van der Waals surface area (Å²) in [5.74, 6) is 0.562. The number of primary amides is 1. The number of methoxy groups -OCH3 is 1. The summed E-state index contributed by atoms with van der Waals surface area (Å²) >= 11 is 0. The van der Waals surface area contributed by atoms with Crippen molar-refractivity contribution in [1.82, 2.24) is 5.32 Å². The zero-order valence-electron chi connectivity index (χ0n) is 10.0. The van der Waals surface area contributed by atoms with E-state index in [2.05, 4.69) is 5.32 Å². The maximum Gasteiger partial charge on any atom is 0.228 e. The number of benzene rings is 1. The summed E-state index contributed by atoms with van der Waals surface area (Å²) in [4.78, 5) is 11.8. The molecule has 1 amide bonds. The number of carbonyl (C=O) groups excluding carboxylic acids is 1. The Kier molecular flexibility index (Phi) is 3.33. The van der Waals surface area contributed by atoms with Gasteiger partial charge in [-0.05, 0) is 43.6 Å². The molecule has 1 saturated heterocycles. The van der Waals surface area contributed by atoms with Crippen LogP contribution >= 0.6 is 0 Å². The molecule has 4 nitrogen and oxygen atoms in total. The summed E-state index contributed by atoms with van der Waals surface area (Å²) in [5, 5.41) is 3.25. The molecule has 1 aromatic carbocycles. The van der Waals surface area contributed by atoms with Gasteiger partial charge >= 0.3 is 0 Å². The van der Waals surface area contributed by atoms with Crippen molar-refractivity contribution < 1.29 is 9.53 Å². The van der Waals surface area contributed by atoms with Gasteiger partial charge in [0.05, 0.1) is 12.5 Å². The third-order valence-electron chi connectivity index (χ3n) is 3.57. The molecule has 3 N–H and O–H groups in total. The average molecular weight is 234 g/mol. The van der Waals surface area contributed by atoms with Crippen LogP contribution in [0.3, 0.4) is 0 Å². The molecule has 0 spiro atoms. The lowest BCUT2D eigenvalue weighted by Gasteiger charge is -2.35. The number of nitrogens with one attached hydrogen (secondary N) is 1. The first-order valence-electron chi connectivity index (χ1n) is 5.84. The molecule has 1 aliphatic heterocycles. The second kappa shape index (κ2) is 4.75. The zero-order valence-corrected chi connectivity index (χ0v) is 10.0. The van der Waals surface area contributed by atoms with Gasteiger partial charge in [-0.15, -0.1) is 0 Å². The van der Waals surface area contributed by atoms with Gasteiger partial charge < -0.3 is 15.8 Å². The van der Waals surface area contributed by atoms with Crippen LogP contribution in [-0.4, -0.2) is 26.1 Å². The van der Waals surface area contributed by atoms with Gasteiger partial charge in [0.25, 0.3) is 0 Å². The second-order valence-electron chi connectivity index (χ2n) is 4.42. The highest BCUT2D eigenvalue weighted by atomic mass is 16.5. The fourth-order valence-corrected chi connectivity index (χ4v) is 2.44. The van der Waals surface area contributed by atoms with Crippen LogP contribution in [-0.2, 0) is 10.2 Å². The Bertz CT molecular complexity index is 394. The van der Waals surface area contributed by atoms with E-state index in [4.69, 9.17) is 10.5 Å². The molecule has 17 heavy (non-hydrogen) atoms. The molecule has 4 heteroatoms. The van der Waals surface area contributed by atoms with Crippen molar-refractivity contribution in [3.63, 3.8) is 0 Å². The number of piperidine rings is 1. The van der Waals surface area contributed by atoms with Crippen molar-refractivity contribution in [2.45, 2.75) is 18.3 Å². The van der Waals surface area contributed by atoms with Gasteiger partial charge in [-0.1, -0.05) is 12.1 Å². The minimum absolute atomic E-state index is 0.232. The van der Waals surface area contributed by atoms with Gasteiger partial charge in [0.15, 0.2) is 0 Å². The number of hydrogen-bond acceptors (Lipinski definition) is 3. The van der Waals surface area contributed by atoms with Crippen molar-refractivity contribution in [3.8, 4) is 5.75 Å². The molecule has 0 saturated carbocycles. The smallest absolute Gasteiger partial charge is 0.228 e. The van der Waals surface area contributed by atoms with Gasteiger partial charge in [-0.25, -0.2) is 0 Å². The lowest BCUT2D eigenvalue weighted by Crippen LogP contribution is -2.48. The van der Waals surface area contributed by atoms with Crippen molar-refractivity contribution in [3.05, 3.63) is 29.8 Å². The monoisotopic (exact) mass is 234 g/mol. The highest BCUT2D eigenvalue weighted by Gasteiger charge is 2.39. The Balaban J connectivity index is 2.34. The van der Waals surface area contributed by atoms with Crippen molar-refractivity contribution in [2.24, 2.45) is 5.73 Å². The number of carbonyl (C=O) groups is 1. The summed E-state index contributed by atoms with van der Waals surface area (Å²) in [5.41, 5.74) is 6.08. The fraction of sp³-hybridized carbons (Fsp3) is 0.462. The van der Waals surface area contributed by atoms with E-state index >= 15 is 0 Å². The Morgan fingerprint density at radius 1 is 1.29 bits per heavy atom. The van der Waals surface area contributed by atoms with Crippen molar-refractivity contribution in [1.29, 1.82) is 0 Å². The molecule has 1 fully saturated rings. The summed E-state index contributed by atoms with van der Waals surface area (Å²) in [6, 6.07) is 7.63. The van der Waals surface area contributed by atoms with E-state index < -0.39 is 5.41 Å². The van der Waals surface area contributed by atoms with Crippen LogP contribution in [0.4, 0.5) is 0 Å². The highest BCUT2D eigenvalue weighted by Crippen LogP contribution is 2.34. The molecule has 0 atom stereocenters. The molecular formula is C13H18N2O2. The van der Waals surface area contributed by atoms with E-state index in [1.807, 2.05) is 24.3 Å². The second-order valence-corrected chi connectivity index (χ2v) is 4.42. The van der Waals surface area contributed by atoms with Crippen LogP contribution in [0.5, 0.6) is 5.75 Å². The van der Waals surface area contributed by atoms with Gasteiger partial charge in [0.1, 0.15) is 5.75 Å². The van der Waals surface area contributed by atoms with Gasteiger partial charge in [-0.3, -0.25) is 4.79 Å². The van der Waals surface area contributed by atoms with Gasteiger partial charge in [0.2, 0.25) is 5.91 Å². The molecule has 1 heterocycles. The van der Waals surface area contributed by atoms with Crippen molar-refractivity contribution >= 4 is 5.91 Å². The molecule has 0 bridgehead atoms. The van der Waals surface area contributed by atoms with Crippen LogP contribution in [0, 0.1) is 0 Å². The Morgan fingerprint density at radius 3 is 2.35 bits per heavy atom. The van der Waals surface area contributed by atoms with Crippen LogP contribution in [0.2, 0.25) is 0 Å². The zero-order chi connectivity index (χ0) is 12.3. The third kappa shape index (κ3) is 2.13. The standard InChI is InChI=1S/C13H18N2O2/c1-17-11-4-2-10(3-5-11)13(12(14)16)6-8-15-9-7-13/h2-5,15H,6-9H2,1H3,(H2,14,16). The maximum atomic E-state index is 11.8. The summed E-state index contributed by atoms with van der Waals surface area (Å²) < 4.78 is 5.12.